The average Bonchev–Trinajstić information content (AvgIpc) is 2.99. The smallest absolute Gasteiger partial charge is 0.279 e. The fraction of sp³-hybridized carbons (Fsp3) is 1.00. The number of ether oxygens (including phenoxy) is 1. The van der Waals surface area contributed by atoms with Crippen LogP contribution >= 0.6 is 0 Å². The first-order chi connectivity index (χ1) is 9.99. The van der Waals surface area contributed by atoms with Crippen LogP contribution in [0.15, 0.2) is 0 Å². The summed E-state index contributed by atoms with van der Waals surface area (Å²) in [4.78, 5) is 2.36. The topological polar surface area (TPSA) is 61.9 Å². The highest BCUT2D eigenvalue weighted by Crippen LogP contribution is 2.15. The van der Waals surface area contributed by atoms with E-state index in [2.05, 4.69) is 23.5 Å². The van der Waals surface area contributed by atoms with E-state index in [1.54, 1.807) is 4.31 Å². The fourth-order valence-corrected chi connectivity index (χ4v) is 4.39. The second-order valence-electron chi connectivity index (χ2n) is 6.39. The van der Waals surface area contributed by atoms with E-state index in [1.165, 1.54) is 0 Å². The molecule has 2 rings (SSSR count). The first-order valence-electron chi connectivity index (χ1n) is 8.05. The minimum Gasteiger partial charge on any atom is -0.379 e. The first-order valence-corrected chi connectivity index (χ1v) is 9.49. The summed E-state index contributed by atoms with van der Waals surface area (Å²) in [7, 11) is -3.30. The molecule has 0 radical (unpaired) electrons. The predicted molar refractivity (Wildman–Crippen MR) is 83.4 cm³/mol. The van der Waals surface area contributed by atoms with Gasteiger partial charge in [0.2, 0.25) is 0 Å². The third-order valence-electron chi connectivity index (χ3n) is 4.21. The molecule has 0 saturated carbocycles. The molecule has 0 aromatic heterocycles. The molecule has 2 aliphatic rings. The lowest BCUT2D eigenvalue weighted by Gasteiger charge is -2.35. The number of hydrogen-bond donors (Lipinski definition) is 1. The highest BCUT2D eigenvalue weighted by atomic mass is 32.2. The maximum Gasteiger partial charge on any atom is 0.279 e. The molecule has 21 heavy (non-hydrogen) atoms. The van der Waals surface area contributed by atoms with Crippen LogP contribution in [0.1, 0.15) is 33.1 Å². The van der Waals surface area contributed by atoms with E-state index < -0.39 is 10.2 Å². The van der Waals surface area contributed by atoms with Crippen molar-refractivity contribution in [1.82, 2.24) is 13.9 Å². The molecule has 1 N–H and O–H groups in total. The van der Waals surface area contributed by atoms with Crippen LogP contribution in [-0.4, -0.2) is 69.6 Å². The van der Waals surface area contributed by atoms with Crippen LogP contribution in [0.2, 0.25) is 0 Å². The molecule has 0 spiro atoms. The largest absolute Gasteiger partial charge is 0.379 e. The van der Waals surface area contributed by atoms with Crippen LogP contribution in [0.5, 0.6) is 0 Å². The summed E-state index contributed by atoms with van der Waals surface area (Å²) in [6, 6.07) is 0.256. The lowest BCUT2D eigenvalue weighted by Crippen LogP contribution is -2.51. The van der Waals surface area contributed by atoms with Crippen molar-refractivity contribution in [1.29, 1.82) is 0 Å². The molecular weight excluding hydrogens is 290 g/mol. The number of morpholine rings is 1. The molecule has 7 heteroatoms. The fourth-order valence-electron chi connectivity index (χ4n) is 3.07. The Kier molecular flexibility index (Phi) is 6.43. The Morgan fingerprint density at radius 1 is 1.10 bits per heavy atom. The summed E-state index contributed by atoms with van der Waals surface area (Å²) in [5, 5.41) is 0. The number of nitrogens with one attached hydrogen (secondary N) is 1. The van der Waals surface area contributed by atoms with Crippen molar-refractivity contribution in [3.63, 3.8) is 0 Å². The van der Waals surface area contributed by atoms with E-state index in [9.17, 15) is 8.42 Å². The summed E-state index contributed by atoms with van der Waals surface area (Å²) in [5.74, 6) is 0.550. The zero-order chi connectivity index (χ0) is 15.3. The second kappa shape index (κ2) is 7.87. The van der Waals surface area contributed by atoms with Crippen molar-refractivity contribution in [2.45, 2.75) is 39.2 Å². The Morgan fingerprint density at radius 2 is 1.71 bits per heavy atom. The van der Waals surface area contributed by atoms with Crippen LogP contribution in [0.4, 0.5) is 0 Å². The van der Waals surface area contributed by atoms with Gasteiger partial charge in [-0.25, -0.2) is 4.72 Å². The van der Waals surface area contributed by atoms with Gasteiger partial charge in [-0.3, -0.25) is 4.90 Å². The molecule has 2 aliphatic heterocycles. The summed E-state index contributed by atoms with van der Waals surface area (Å²) in [6.45, 7) is 9.44. The van der Waals surface area contributed by atoms with E-state index in [-0.39, 0.29) is 6.04 Å². The van der Waals surface area contributed by atoms with E-state index in [0.717, 1.165) is 45.6 Å². The van der Waals surface area contributed by atoms with Gasteiger partial charge in [-0.15, -0.1) is 0 Å². The van der Waals surface area contributed by atoms with Gasteiger partial charge in [-0.2, -0.15) is 12.7 Å². The molecule has 1 atom stereocenters. The van der Waals surface area contributed by atoms with Crippen LogP contribution in [0, 0.1) is 5.92 Å². The van der Waals surface area contributed by atoms with E-state index in [1.807, 2.05) is 0 Å². The van der Waals surface area contributed by atoms with Gasteiger partial charge in [0.15, 0.2) is 0 Å². The van der Waals surface area contributed by atoms with Gasteiger partial charge in [0.1, 0.15) is 0 Å². The van der Waals surface area contributed by atoms with Gasteiger partial charge in [-0.05, 0) is 25.2 Å². The van der Waals surface area contributed by atoms with Crippen molar-refractivity contribution < 1.29 is 13.2 Å². The van der Waals surface area contributed by atoms with E-state index >= 15 is 0 Å². The maximum atomic E-state index is 12.3. The van der Waals surface area contributed by atoms with Crippen molar-refractivity contribution in [3.05, 3.63) is 0 Å². The molecule has 0 aliphatic carbocycles. The SMILES string of the molecule is CC(C)CC(CNS(=O)(=O)N1CCCC1)N1CCOCC1. The minimum absolute atomic E-state index is 0.256. The van der Waals surface area contributed by atoms with E-state index in [0.29, 0.717) is 25.6 Å². The molecular formula is C14H29N3O3S. The lowest BCUT2D eigenvalue weighted by atomic mass is 10.0. The molecule has 0 bridgehead atoms. The minimum atomic E-state index is -3.30. The highest BCUT2D eigenvalue weighted by Gasteiger charge is 2.28. The Labute approximate surface area is 129 Å². The van der Waals surface area contributed by atoms with Crippen molar-refractivity contribution >= 4 is 10.2 Å². The highest BCUT2D eigenvalue weighted by molar-refractivity contribution is 7.87. The van der Waals surface area contributed by atoms with Crippen LogP contribution < -0.4 is 4.72 Å². The van der Waals surface area contributed by atoms with Crippen LogP contribution in [-0.2, 0) is 14.9 Å². The van der Waals surface area contributed by atoms with Gasteiger partial charge in [0, 0.05) is 38.8 Å². The van der Waals surface area contributed by atoms with Gasteiger partial charge in [-0.1, -0.05) is 13.8 Å². The van der Waals surface area contributed by atoms with Crippen molar-refractivity contribution in [2.75, 3.05) is 45.9 Å². The summed E-state index contributed by atoms with van der Waals surface area (Å²) in [5.41, 5.74) is 0. The average molecular weight is 319 g/mol. The standard InChI is InChI=1S/C14H29N3O3S/c1-13(2)11-14(16-7-9-20-10-8-16)12-15-21(18,19)17-5-3-4-6-17/h13-15H,3-12H2,1-2H3. The number of nitrogens with zero attached hydrogens (tertiary/aromatic N) is 2. The Hall–Kier alpha value is -0.210. The van der Waals surface area contributed by atoms with Gasteiger partial charge in [0.25, 0.3) is 10.2 Å². The quantitative estimate of drug-likeness (QED) is 0.749. The second-order valence-corrected chi connectivity index (χ2v) is 8.15. The zero-order valence-corrected chi connectivity index (χ0v) is 14.1. The third kappa shape index (κ3) is 5.17. The molecule has 2 saturated heterocycles. The van der Waals surface area contributed by atoms with Crippen LogP contribution in [0.3, 0.4) is 0 Å². The summed E-state index contributed by atoms with van der Waals surface area (Å²) in [6.07, 6.45) is 2.95. The third-order valence-corrected chi connectivity index (χ3v) is 5.79. The normalized spacial score (nSPS) is 23.8. The van der Waals surface area contributed by atoms with Crippen molar-refractivity contribution in [2.24, 2.45) is 5.92 Å². The lowest BCUT2D eigenvalue weighted by molar-refractivity contribution is 0.0134. The maximum absolute atomic E-state index is 12.3. The first kappa shape index (κ1) is 17.1. The monoisotopic (exact) mass is 319 g/mol. The Balaban J connectivity index is 1.91. The van der Waals surface area contributed by atoms with Gasteiger partial charge >= 0.3 is 0 Å². The zero-order valence-electron chi connectivity index (χ0n) is 13.3. The molecule has 1 unspecified atom stereocenters. The Bertz CT molecular complexity index is 402. The van der Waals surface area contributed by atoms with E-state index in [4.69, 9.17) is 4.74 Å². The molecule has 2 heterocycles. The number of hydrogen-bond acceptors (Lipinski definition) is 4. The Morgan fingerprint density at radius 3 is 2.29 bits per heavy atom. The molecule has 0 amide bonds. The van der Waals surface area contributed by atoms with Crippen LogP contribution in [0.25, 0.3) is 0 Å². The molecule has 0 aromatic carbocycles. The summed E-state index contributed by atoms with van der Waals surface area (Å²) < 4.78 is 34.3. The molecule has 6 nitrogen and oxygen atoms in total. The summed E-state index contributed by atoms with van der Waals surface area (Å²) >= 11 is 0. The molecule has 124 valence electrons. The molecule has 2 fully saturated rings. The molecule has 0 aromatic rings. The number of rotatable bonds is 7. The van der Waals surface area contributed by atoms with Gasteiger partial charge in [0.05, 0.1) is 13.2 Å². The predicted octanol–water partition coefficient (Wildman–Crippen LogP) is 0.664. The van der Waals surface area contributed by atoms with Gasteiger partial charge < -0.3 is 4.74 Å². The van der Waals surface area contributed by atoms with Crippen molar-refractivity contribution in [3.8, 4) is 0 Å².